The van der Waals surface area contributed by atoms with Crippen LogP contribution >= 0.6 is 0 Å². The summed E-state index contributed by atoms with van der Waals surface area (Å²) in [4.78, 5) is 31.3. The standard InChI is InChI=1S/C25H30FN3O3/c26-21-8-6-20(7-9-21)24(30)28-23(18-10-14-27-15-11-18)19-12-16-29(17-13-19)25(31)32-22-4-2-1-3-5-22/h6-11,14-15,19,22-23H,1-5,12-13,16-17H2,(H,28,30). The Labute approximate surface area is 188 Å². The summed E-state index contributed by atoms with van der Waals surface area (Å²) in [7, 11) is 0. The van der Waals surface area contributed by atoms with Gasteiger partial charge in [0.2, 0.25) is 0 Å². The lowest BCUT2D eigenvalue weighted by molar-refractivity contribution is 0.0356. The molecule has 4 rings (SSSR count). The van der Waals surface area contributed by atoms with Gasteiger partial charge < -0.3 is 15.0 Å². The molecule has 0 radical (unpaired) electrons. The summed E-state index contributed by atoms with van der Waals surface area (Å²) in [5.41, 5.74) is 1.39. The summed E-state index contributed by atoms with van der Waals surface area (Å²) >= 11 is 0. The number of rotatable bonds is 5. The fraction of sp³-hybridized carbons (Fsp3) is 0.480. The minimum atomic E-state index is -0.375. The first-order valence-corrected chi connectivity index (χ1v) is 11.5. The number of ether oxygens (including phenoxy) is 1. The molecule has 1 aromatic carbocycles. The van der Waals surface area contributed by atoms with Crippen LogP contribution in [-0.2, 0) is 4.74 Å². The number of likely N-dealkylation sites (tertiary alicyclic amines) is 1. The molecule has 1 aromatic heterocycles. The molecular weight excluding hydrogens is 409 g/mol. The van der Waals surface area contributed by atoms with Gasteiger partial charge in [0.05, 0.1) is 6.04 Å². The molecule has 2 amide bonds. The van der Waals surface area contributed by atoms with Crippen molar-refractivity contribution < 1.29 is 18.7 Å². The lowest BCUT2D eigenvalue weighted by Gasteiger charge is -2.37. The highest BCUT2D eigenvalue weighted by Crippen LogP contribution is 2.32. The summed E-state index contributed by atoms with van der Waals surface area (Å²) in [5.74, 6) is -0.453. The van der Waals surface area contributed by atoms with Crippen molar-refractivity contribution in [3.8, 4) is 0 Å². The predicted octanol–water partition coefficient (Wildman–Crippen LogP) is 4.87. The van der Waals surface area contributed by atoms with E-state index in [1.807, 2.05) is 12.1 Å². The van der Waals surface area contributed by atoms with Gasteiger partial charge in [0.1, 0.15) is 11.9 Å². The molecular formula is C25H30FN3O3. The van der Waals surface area contributed by atoms with Crippen LogP contribution in [0.4, 0.5) is 9.18 Å². The molecule has 7 heteroatoms. The smallest absolute Gasteiger partial charge is 0.410 e. The second kappa shape index (κ2) is 10.6. The molecule has 1 unspecified atom stereocenters. The van der Waals surface area contributed by atoms with Gasteiger partial charge in [-0.15, -0.1) is 0 Å². The number of pyridine rings is 1. The topological polar surface area (TPSA) is 71.5 Å². The van der Waals surface area contributed by atoms with E-state index in [0.29, 0.717) is 18.7 Å². The number of hydrogen-bond acceptors (Lipinski definition) is 4. The fourth-order valence-electron chi connectivity index (χ4n) is 4.69. The van der Waals surface area contributed by atoms with E-state index in [-0.39, 0.29) is 35.9 Å². The van der Waals surface area contributed by atoms with Crippen LogP contribution in [0.25, 0.3) is 0 Å². The van der Waals surface area contributed by atoms with Crippen LogP contribution in [0.5, 0.6) is 0 Å². The van der Waals surface area contributed by atoms with Gasteiger partial charge in [-0.05, 0) is 86.4 Å². The maximum atomic E-state index is 13.2. The number of piperidine rings is 1. The van der Waals surface area contributed by atoms with E-state index < -0.39 is 0 Å². The summed E-state index contributed by atoms with van der Waals surface area (Å²) in [6.07, 6.45) is 10.2. The molecule has 6 nitrogen and oxygen atoms in total. The highest BCUT2D eigenvalue weighted by molar-refractivity contribution is 5.94. The zero-order valence-electron chi connectivity index (χ0n) is 18.2. The fourth-order valence-corrected chi connectivity index (χ4v) is 4.69. The molecule has 2 aliphatic rings. The zero-order chi connectivity index (χ0) is 22.3. The van der Waals surface area contributed by atoms with Crippen molar-refractivity contribution in [2.45, 2.75) is 57.1 Å². The van der Waals surface area contributed by atoms with E-state index in [2.05, 4.69) is 10.3 Å². The number of benzene rings is 1. The Kier molecular flexibility index (Phi) is 7.35. The van der Waals surface area contributed by atoms with Crippen LogP contribution in [0.15, 0.2) is 48.8 Å². The van der Waals surface area contributed by atoms with Crippen LogP contribution in [0.2, 0.25) is 0 Å². The molecule has 2 aromatic rings. The Hall–Kier alpha value is -2.96. The molecule has 1 saturated carbocycles. The van der Waals surface area contributed by atoms with Crippen molar-refractivity contribution in [3.05, 3.63) is 65.7 Å². The Balaban J connectivity index is 1.39. The first-order valence-electron chi connectivity index (χ1n) is 11.5. The third-order valence-electron chi connectivity index (χ3n) is 6.55. The largest absolute Gasteiger partial charge is 0.446 e. The highest BCUT2D eigenvalue weighted by Gasteiger charge is 2.32. The van der Waals surface area contributed by atoms with Crippen LogP contribution < -0.4 is 5.32 Å². The number of carbonyl (C=O) groups is 2. The van der Waals surface area contributed by atoms with E-state index in [1.54, 1.807) is 17.3 Å². The average Bonchev–Trinajstić information content (AvgIpc) is 2.84. The maximum Gasteiger partial charge on any atom is 0.410 e. The first-order chi connectivity index (χ1) is 15.6. The van der Waals surface area contributed by atoms with Gasteiger partial charge in [0.25, 0.3) is 5.91 Å². The number of amides is 2. The molecule has 0 spiro atoms. The van der Waals surface area contributed by atoms with Gasteiger partial charge in [-0.25, -0.2) is 9.18 Å². The normalized spacial score (nSPS) is 18.7. The molecule has 32 heavy (non-hydrogen) atoms. The Morgan fingerprint density at radius 3 is 2.28 bits per heavy atom. The van der Waals surface area contributed by atoms with Crippen molar-refractivity contribution in [1.29, 1.82) is 0 Å². The van der Waals surface area contributed by atoms with Crippen molar-refractivity contribution in [3.63, 3.8) is 0 Å². The number of nitrogens with one attached hydrogen (secondary N) is 1. The molecule has 170 valence electrons. The summed E-state index contributed by atoms with van der Waals surface area (Å²) in [6.45, 7) is 1.20. The minimum absolute atomic E-state index is 0.0496. The second-order valence-electron chi connectivity index (χ2n) is 8.71. The number of nitrogens with zero attached hydrogens (tertiary/aromatic N) is 2. The lowest BCUT2D eigenvalue weighted by atomic mass is 9.85. The molecule has 1 saturated heterocycles. The van der Waals surface area contributed by atoms with Gasteiger partial charge >= 0.3 is 6.09 Å². The van der Waals surface area contributed by atoms with Crippen LogP contribution in [-0.4, -0.2) is 41.1 Å². The summed E-state index contributed by atoms with van der Waals surface area (Å²) in [5, 5.41) is 3.12. The van der Waals surface area contributed by atoms with Gasteiger partial charge in [-0.2, -0.15) is 0 Å². The zero-order valence-corrected chi connectivity index (χ0v) is 18.2. The van der Waals surface area contributed by atoms with E-state index in [1.165, 1.54) is 30.7 Å². The first kappa shape index (κ1) is 22.2. The van der Waals surface area contributed by atoms with Crippen molar-refractivity contribution in [2.75, 3.05) is 13.1 Å². The number of hydrogen-bond donors (Lipinski definition) is 1. The molecule has 0 bridgehead atoms. The maximum absolute atomic E-state index is 13.2. The third kappa shape index (κ3) is 5.64. The molecule has 2 fully saturated rings. The molecule has 1 aliphatic heterocycles. The molecule has 1 atom stereocenters. The average molecular weight is 440 g/mol. The van der Waals surface area contributed by atoms with Crippen molar-refractivity contribution in [2.24, 2.45) is 5.92 Å². The van der Waals surface area contributed by atoms with Crippen LogP contribution in [0, 0.1) is 11.7 Å². The Morgan fingerprint density at radius 1 is 0.969 bits per heavy atom. The molecule has 2 heterocycles. The van der Waals surface area contributed by atoms with Gasteiger partial charge in [-0.1, -0.05) is 6.42 Å². The van der Waals surface area contributed by atoms with Crippen molar-refractivity contribution >= 4 is 12.0 Å². The van der Waals surface area contributed by atoms with Crippen molar-refractivity contribution in [1.82, 2.24) is 15.2 Å². The van der Waals surface area contributed by atoms with E-state index in [0.717, 1.165) is 44.1 Å². The van der Waals surface area contributed by atoms with Gasteiger partial charge in [0, 0.05) is 31.0 Å². The molecule has 1 aliphatic carbocycles. The number of halogens is 1. The minimum Gasteiger partial charge on any atom is -0.446 e. The second-order valence-corrected chi connectivity index (χ2v) is 8.71. The predicted molar refractivity (Wildman–Crippen MR) is 118 cm³/mol. The quantitative estimate of drug-likeness (QED) is 0.721. The van der Waals surface area contributed by atoms with E-state index >= 15 is 0 Å². The van der Waals surface area contributed by atoms with E-state index in [4.69, 9.17) is 4.74 Å². The Morgan fingerprint density at radius 2 is 1.62 bits per heavy atom. The summed E-state index contributed by atoms with van der Waals surface area (Å²) < 4.78 is 19.0. The van der Waals surface area contributed by atoms with Gasteiger partial charge in [-0.3, -0.25) is 9.78 Å². The third-order valence-corrected chi connectivity index (χ3v) is 6.55. The SMILES string of the molecule is O=C(NC(c1ccncc1)C1CCN(C(=O)OC2CCCCC2)CC1)c1ccc(F)cc1. The number of carbonyl (C=O) groups excluding carboxylic acids is 2. The van der Waals surface area contributed by atoms with Crippen LogP contribution in [0.1, 0.15) is 66.9 Å². The Bertz CT molecular complexity index is 892. The monoisotopic (exact) mass is 439 g/mol. The molecule has 1 N–H and O–H groups in total. The van der Waals surface area contributed by atoms with E-state index in [9.17, 15) is 14.0 Å². The highest BCUT2D eigenvalue weighted by atomic mass is 19.1. The van der Waals surface area contributed by atoms with Gasteiger partial charge in [0.15, 0.2) is 0 Å². The van der Waals surface area contributed by atoms with Crippen LogP contribution in [0.3, 0.4) is 0 Å². The lowest BCUT2D eigenvalue weighted by Crippen LogP contribution is -2.44. The summed E-state index contributed by atoms with van der Waals surface area (Å²) in [6, 6.07) is 9.13. The number of aromatic nitrogens is 1.